The highest BCUT2D eigenvalue weighted by molar-refractivity contribution is 5.80. The van der Waals surface area contributed by atoms with Crippen molar-refractivity contribution in [2.24, 2.45) is 5.73 Å². The molecule has 1 unspecified atom stereocenters. The summed E-state index contributed by atoms with van der Waals surface area (Å²) in [5.41, 5.74) is 10.6. The average molecular weight is 662 g/mol. The van der Waals surface area contributed by atoms with Gasteiger partial charge in [-0.2, -0.15) is 0 Å². The summed E-state index contributed by atoms with van der Waals surface area (Å²) in [6.07, 6.45) is 5.56. The minimum Gasteiger partial charge on any atom is -0.443 e. The standard InChI is InChI=1S/C37H45F2N5O4/c1-4-11-44(12-5-2)36(46)22-31-17-28(19-34(42-31)37-41-10-13-48-37)20-35(45)43-33(18-27-15-29(38)21-30(39)16-27)32(40)24-47-23-26-9-7-8-25(6-3)14-26/h7-10,13-17,19,21,32-33H,4-6,11-12,18,20,22-24,40H2,1-3H3,(H,43,45)/t32?,33-/m0/s1. The summed E-state index contributed by atoms with van der Waals surface area (Å²) in [6.45, 7) is 7.84. The van der Waals surface area contributed by atoms with Crippen molar-refractivity contribution >= 4 is 11.8 Å². The Balaban J connectivity index is 1.51. The number of benzene rings is 2. The lowest BCUT2D eigenvalue weighted by Gasteiger charge is -2.26. The molecule has 2 heterocycles. The minimum atomic E-state index is -0.718. The number of nitrogens with two attached hydrogens (primary N) is 1. The number of nitrogens with zero attached hydrogens (tertiary/aromatic N) is 3. The van der Waals surface area contributed by atoms with Gasteiger partial charge in [0.2, 0.25) is 17.7 Å². The van der Waals surface area contributed by atoms with E-state index >= 15 is 0 Å². The number of hydrogen-bond donors (Lipinski definition) is 2. The Bertz CT molecular complexity index is 1610. The first-order valence-electron chi connectivity index (χ1n) is 16.5. The summed E-state index contributed by atoms with van der Waals surface area (Å²) in [5, 5.41) is 2.96. The van der Waals surface area contributed by atoms with Gasteiger partial charge >= 0.3 is 0 Å². The van der Waals surface area contributed by atoms with Crippen LogP contribution in [0.15, 0.2) is 71.5 Å². The molecule has 2 aromatic carbocycles. The molecule has 0 fully saturated rings. The summed E-state index contributed by atoms with van der Waals surface area (Å²) in [4.78, 5) is 37.3. The monoisotopic (exact) mass is 661 g/mol. The minimum absolute atomic E-state index is 0.0547. The highest BCUT2D eigenvalue weighted by Gasteiger charge is 2.23. The molecule has 4 rings (SSSR count). The summed E-state index contributed by atoms with van der Waals surface area (Å²) < 4.78 is 39.5. The molecule has 11 heteroatoms. The lowest BCUT2D eigenvalue weighted by molar-refractivity contribution is -0.130. The predicted molar refractivity (Wildman–Crippen MR) is 180 cm³/mol. The van der Waals surface area contributed by atoms with Crippen LogP contribution in [-0.4, -0.2) is 58.5 Å². The second-order valence-corrected chi connectivity index (χ2v) is 11.9. The van der Waals surface area contributed by atoms with Crippen molar-refractivity contribution in [1.29, 1.82) is 0 Å². The van der Waals surface area contributed by atoms with Crippen LogP contribution < -0.4 is 11.1 Å². The van der Waals surface area contributed by atoms with Crippen molar-refractivity contribution in [3.63, 3.8) is 0 Å². The Morgan fingerprint density at radius 3 is 2.33 bits per heavy atom. The van der Waals surface area contributed by atoms with Crippen molar-refractivity contribution in [1.82, 2.24) is 20.2 Å². The molecule has 0 aliphatic rings. The Labute approximate surface area is 280 Å². The molecule has 0 aliphatic carbocycles. The van der Waals surface area contributed by atoms with Crippen LogP contribution in [0.25, 0.3) is 11.6 Å². The fourth-order valence-corrected chi connectivity index (χ4v) is 5.57. The van der Waals surface area contributed by atoms with Crippen LogP contribution >= 0.6 is 0 Å². The molecular weight excluding hydrogens is 616 g/mol. The zero-order valence-corrected chi connectivity index (χ0v) is 27.9. The van der Waals surface area contributed by atoms with Crippen LogP contribution in [-0.2, 0) is 46.6 Å². The van der Waals surface area contributed by atoms with Crippen LogP contribution in [0, 0.1) is 11.6 Å². The highest BCUT2D eigenvalue weighted by atomic mass is 19.1. The average Bonchev–Trinajstić information content (AvgIpc) is 3.59. The highest BCUT2D eigenvalue weighted by Crippen LogP contribution is 2.20. The molecule has 9 nitrogen and oxygen atoms in total. The van der Waals surface area contributed by atoms with Gasteiger partial charge in [0.05, 0.1) is 44.0 Å². The molecule has 2 atom stereocenters. The fourth-order valence-electron chi connectivity index (χ4n) is 5.57. The van der Waals surface area contributed by atoms with Crippen molar-refractivity contribution in [3.05, 3.63) is 107 Å². The number of pyridine rings is 1. The van der Waals surface area contributed by atoms with Gasteiger partial charge in [-0.3, -0.25) is 9.59 Å². The molecule has 0 bridgehead atoms. The van der Waals surface area contributed by atoms with E-state index in [4.69, 9.17) is 14.9 Å². The Morgan fingerprint density at radius 2 is 1.67 bits per heavy atom. The van der Waals surface area contributed by atoms with Gasteiger partial charge in [-0.15, -0.1) is 0 Å². The number of halogens is 2. The second kappa shape index (κ2) is 18.2. The van der Waals surface area contributed by atoms with E-state index in [2.05, 4.69) is 28.3 Å². The SMILES string of the molecule is CCCN(CCC)C(=O)Cc1cc(CC(=O)N[C@@H](Cc2cc(F)cc(F)c2)C(N)COCc2cccc(CC)c2)cc(-c2ncco2)n1. The molecule has 0 saturated carbocycles. The quantitative estimate of drug-likeness (QED) is 0.143. The maximum atomic E-state index is 14.1. The fraction of sp³-hybridized carbons (Fsp3) is 0.405. The molecule has 0 spiro atoms. The third kappa shape index (κ3) is 11.1. The first-order valence-corrected chi connectivity index (χ1v) is 16.5. The summed E-state index contributed by atoms with van der Waals surface area (Å²) in [5.74, 6) is -1.60. The molecule has 0 saturated heterocycles. The van der Waals surface area contributed by atoms with Crippen molar-refractivity contribution in [3.8, 4) is 11.6 Å². The number of carbonyl (C=O) groups excluding carboxylic acids is 2. The van der Waals surface area contributed by atoms with Gasteiger partial charge in [0.25, 0.3) is 0 Å². The van der Waals surface area contributed by atoms with E-state index < -0.39 is 23.7 Å². The number of hydrogen-bond acceptors (Lipinski definition) is 7. The number of rotatable bonds is 18. The third-order valence-electron chi connectivity index (χ3n) is 7.85. The predicted octanol–water partition coefficient (Wildman–Crippen LogP) is 5.58. The summed E-state index contributed by atoms with van der Waals surface area (Å²) in [6, 6.07) is 13.3. The van der Waals surface area contributed by atoms with Gasteiger partial charge in [0, 0.05) is 25.2 Å². The molecule has 2 amide bonds. The topological polar surface area (TPSA) is 124 Å². The van der Waals surface area contributed by atoms with Crippen molar-refractivity contribution in [2.75, 3.05) is 19.7 Å². The number of carbonyl (C=O) groups is 2. The van der Waals surface area contributed by atoms with Crippen LogP contribution in [0.3, 0.4) is 0 Å². The van der Waals surface area contributed by atoms with Gasteiger partial charge in [-0.25, -0.2) is 18.7 Å². The number of oxazole rings is 1. The van der Waals surface area contributed by atoms with E-state index in [9.17, 15) is 18.4 Å². The largest absolute Gasteiger partial charge is 0.443 e. The van der Waals surface area contributed by atoms with Crippen LogP contribution in [0.5, 0.6) is 0 Å². The molecule has 4 aromatic rings. The Hall–Kier alpha value is -4.48. The van der Waals surface area contributed by atoms with E-state index in [1.54, 1.807) is 12.1 Å². The maximum Gasteiger partial charge on any atom is 0.245 e. The Morgan fingerprint density at radius 1 is 0.938 bits per heavy atom. The van der Waals surface area contributed by atoms with E-state index in [1.807, 2.05) is 36.9 Å². The van der Waals surface area contributed by atoms with E-state index in [0.29, 0.717) is 42.2 Å². The van der Waals surface area contributed by atoms with Gasteiger partial charge in [-0.05, 0) is 72.2 Å². The van der Waals surface area contributed by atoms with E-state index in [0.717, 1.165) is 30.9 Å². The second-order valence-electron chi connectivity index (χ2n) is 11.9. The van der Waals surface area contributed by atoms with E-state index in [1.165, 1.54) is 30.2 Å². The summed E-state index contributed by atoms with van der Waals surface area (Å²) in [7, 11) is 0. The number of ether oxygens (including phenoxy) is 1. The van der Waals surface area contributed by atoms with Crippen LogP contribution in [0.4, 0.5) is 8.78 Å². The molecule has 256 valence electrons. The molecule has 48 heavy (non-hydrogen) atoms. The van der Waals surface area contributed by atoms with Gasteiger partial charge in [-0.1, -0.05) is 45.0 Å². The maximum absolute atomic E-state index is 14.1. The lowest BCUT2D eigenvalue weighted by atomic mass is 9.99. The number of aromatic nitrogens is 2. The molecule has 0 radical (unpaired) electrons. The first-order chi connectivity index (χ1) is 23.2. The summed E-state index contributed by atoms with van der Waals surface area (Å²) >= 11 is 0. The zero-order chi connectivity index (χ0) is 34.5. The van der Waals surface area contributed by atoms with E-state index in [-0.39, 0.29) is 43.6 Å². The van der Waals surface area contributed by atoms with Gasteiger partial charge < -0.3 is 25.1 Å². The van der Waals surface area contributed by atoms with Crippen molar-refractivity contribution in [2.45, 2.75) is 78.0 Å². The van der Waals surface area contributed by atoms with Crippen LogP contribution in [0.2, 0.25) is 0 Å². The molecule has 3 N–H and O–H groups in total. The number of amides is 2. The first kappa shape index (κ1) is 36.4. The normalized spacial score (nSPS) is 12.5. The number of nitrogens with one attached hydrogen (secondary N) is 1. The lowest BCUT2D eigenvalue weighted by Crippen LogP contribution is -2.51. The third-order valence-corrected chi connectivity index (χ3v) is 7.85. The van der Waals surface area contributed by atoms with Crippen molar-refractivity contribution < 1.29 is 27.5 Å². The zero-order valence-electron chi connectivity index (χ0n) is 27.9. The molecular formula is C37H45F2N5O4. The van der Waals surface area contributed by atoms with Crippen LogP contribution in [0.1, 0.15) is 61.6 Å². The smallest absolute Gasteiger partial charge is 0.245 e. The van der Waals surface area contributed by atoms with Gasteiger partial charge in [0.1, 0.15) is 23.6 Å². The number of aryl methyl sites for hydroxylation is 1. The molecule has 0 aliphatic heterocycles. The van der Waals surface area contributed by atoms with Gasteiger partial charge in [0.15, 0.2) is 0 Å². The Kier molecular flexibility index (Phi) is 13.8. The molecule has 2 aromatic heterocycles.